The summed E-state index contributed by atoms with van der Waals surface area (Å²) in [5.41, 5.74) is 1.23. The molecule has 0 fully saturated rings. The molecule has 0 bridgehead atoms. The van der Waals surface area contributed by atoms with Gasteiger partial charge in [0.25, 0.3) is 11.6 Å². The first-order chi connectivity index (χ1) is 11.0. The van der Waals surface area contributed by atoms with Crippen molar-refractivity contribution in [3.63, 3.8) is 0 Å². The minimum atomic E-state index is -0.561. The largest absolute Gasteiger partial charge is 0.496 e. The van der Waals surface area contributed by atoms with Crippen molar-refractivity contribution in [2.75, 3.05) is 12.4 Å². The van der Waals surface area contributed by atoms with Gasteiger partial charge in [0.15, 0.2) is 0 Å². The molecule has 0 atom stereocenters. The molecule has 118 valence electrons. The van der Waals surface area contributed by atoms with Gasteiger partial charge < -0.3 is 10.1 Å². The number of hydrogen-bond donors (Lipinski definition) is 1. The fourth-order valence-electron chi connectivity index (χ4n) is 1.98. The minimum absolute atomic E-state index is 0.126. The summed E-state index contributed by atoms with van der Waals surface area (Å²) in [6.07, 6.45) is 1.71. The number of benzene rings is 2. The van der Waals surface area contributed by atoms with E-state index in [1.54, 1.807) is 19.1 Å². The van der Waals surface area contributed by atoms with Crippen LogP contribution in [0.5, 0.6) is 5.75 Å². The molecule has 1 amide bonds. The van der Waals surface area contributed by atoms with Gasteiger partial charge in [-0.1, -0.05) is 30.3 Å². The van der Waals surface area contributed by atoms with Crippen LogP contribution in [0.3, 0.4) is 0 Å². The standard InChI is InChI=1S/C17H16N2O4/c1-12(10-13-6-4-3-5-7-13)17(20)18-15-9-8-14(23-2)11-16(15)19(21)22/h3-11H,1-2H3,(H,18,20)/b12-10-. The van der Waals surface area contributed by atoms with Gasteiger partial charge in [0, 0.05) is 5.57 Å². The number of carbonyl (C=O) groups is 1. The number of nitro groups is 1. The number of nitrogens with zero attached hydrogens (tertiary/aromatic N) is 1. The normalized spacial score (nSPS) is 11.0. The predicted octanol–water partition coefficient (Wildman–Crippen LogP) is 3.65. The molecule has 0 radical (unpaired) electrons. The first kappa shape index (κ1) is 16.2. The summed E-state index contributed by atoms with van der Waals surface area (Å²) >= 11 is 0. The summed E-state index contributed by atoms with van der Waals surface area (Å²) in [4.78, 5) is 22.8. The fraction of sp³-hybridized carbons (Fsp3) is 0.118. The molecule has 0 unspecified atom stereocenters. The van der Waals surface area contributed by atoms with Crippen LogP contribution in [0.4, 0.5) is 11.4 Å². The van der Waals surface area contributed by atoms with Gasteiger partial charge in [0.1, 0.15) is 11.4 Å². The quantitative estimate of drug-likeness (QED) is 0.519. The molecule has 0 aliphatic rings. The van der Waals surface area contributed by atoms with Crippen molar-refractivity contribution in [3.8, 4) is 5.75 Å². The second-order valence-electron chi connectivity index (χ2n) is 4.83. The van der Waals surface area contributed by atoms with E-state index in [2.05, 4.69) is 5.32 Å². The molecular weight excluding hydrogens is 296 g/mol. The Kier molecular flexibility index (Phi) is 5.09. The van der Waals surface area contributed by atoms with Crippen LogP contribution in [-0.4, -0.2) is 17.9 Å². The molecule has 2 rings (SSSR count). The first-order valence-electron chi connectivity index (χ1n) is 6.88. The average Bonchev–Trinajstić information content (AvgIpc) is 2.55. The van der Waals surface area contributed by atoms with Crippen molar-refractivity contribution >= 4 is 23.4 Å². The van der Waals surface area contributed by atoms with Crippen LogP contribution in [-0.2, 0) is 4.79 Å². The summed E-state index contributed by atoms with van der Waals surface area (Å²) in [5, 5.41) is 13.7. The molecule has 0 aliphatic heterocycles. The summed E-state index contributed by atoms with van der Waals surface area (Å²) in [6.45, 7) is 1.65. The van der Waals surface area contributed by atoms with E-state index in [0.29, 0.717) is 11.3 Å². The third-order valence-electron chi connectivity index (χ3n) is 3.19. The predicted molar refractivity (Wildman–Crippen MR) is 88.4 cm³/mol. The van der Waals surface area contributed by atoms with Crippen molar-refractivity contribution in [1.82, 2.24) is 0 Å². The van der Waals surface area contributed by atoms with E-state index < -0.39 is 10.8 Å². The number of carbonyl (C=O) groups excluding carboxylic acids is 1. The van der Waals surface area contributed by atoms with E-state index in [9.17, 15) is 14.9 Å². The molecular formula is C17H16N2O4. The second-order valence-corrected chi connectivity index (χ2v) is 4.83. The van der Waals surface area contributed by atoms with Crippen LogP contribution in [0, 0.1) is 10.1 Å². The van der Waals surface area contributed by atoms with E-state index in [1.807, 2.05) is 30.3 Å². The van der Waals surface area contributed by atoms with Crippen molar-refractivity contribution in [1.29, 1.82) is 0 Å². The number of nitro benzene ring substituents is 1. The van der Waals surface area contributed by atoms with Crippen LogP contribution < -0.4 is 10.1 Å². The highest BCUT2D eigenvalue weighted by molar-refractivity contribution is 6.07. The first-order valence-corrected chi connectivity index (χ1v) is 6.88. The van der Waals surface area contributed by atoms with Gasteiger partial charge in [-0.05, 0) is 30.7 Å². The topological polar surface area (TPSA) is 81.5 Å². The van der Waals surface area contributed by atoms with Gasteiger partial charge in [0.05, 0.1) is 18.1 Å². The van der Waals surface area contributed by atoms with Crippen LogP contribution in [0.25, 0.3) is 6.08 Å². The number of rotatable bonds is 5. The second kappa shape index (κ2) is 7.22. The molecule has 6 nitrogen and oxygen atoms in total. The van der Waals surface area contributed by atoms with Gasteiger partial charge in [-0.2, -0.15) is 0 Å². The summed E-state index contributed by atoms with van der Waals surface area (Å²) in [7, 11) is 1.42. The molecule has 0 saturated heterocycles. The molecule has 1 N–H and O–H groups in total. The van der Waals surface area contributed by atoms with Gasteiger partial charge in [-0.25, -0.2) is 0 Å². The molecule has 0 saturated carbocycles. The Morgan fingerprint density at radius 3 is 2.52 bits per heavy atom. The number of ether oxygens (including phenoxy) is 1. The Morgan fingerprint density at radius 2 is 1.91 bits per heavy atom. The molecule has 0 heterocycles. The number of anilines is 1. The zero-order valence-electron chi connectivity index (χ0n) is 12.8. The Morgan fingerprint density at radius 1 is 1.22 bits per heavy atom. The van der Waals surface area contributed by atoms with E-state index in [1.165, 1.54) is 19.2 Å². The van der Waals surface area contributed by atoms with E-state index >= 15 is 0 Å². The lowest BCUT2D eigenvalue weighted by Crippen LogP contribution is -2.13. The van der Waals surface area contributed by atoms with Gasteiger partial charge in [-0.3, -0.25) is 14.9 Å². The van der Waals surface area contributed by atoms with Gasteiger partial charge in [-0.15, -0.1) is 0 Å². The Labute approximate surface area is 133 Å². The zero-order chi connectivity index (χ0) is 16.8. The molecule has 2 aromatic carbocycles. The third kappa shape index (κ3) is 4.16. The van der Waals surface area contributed by atoms with E-state index in [4.69, 9.17) is 4.74 Å². The van der Waals surface area contributed by atoms with Crippen molar-refractivity contribution < 1.29 is 14.5 Å². The monoisotopic (exact) mass is 312 g/mol. The average molecular weight is 312 g/mol. The highest BCUT2D eigenvalue weighted by Crippen LogP contribution is 2.29. The highest BCUT2D eigenvalue weighted by atomic mass is 16.6. The number of amides is 1. The Bertz CT molecular complexity index is 754. The molecule has 0 aliphatic carbocycles. The lowest BCUT2D eigenvalue weighted by molar-refractivity contribution is -0.384. The van der Waals surface area contributed by atoms with Crippen LogP contribution >= 0.6 is 0 Å². The maximum absolute atomic E-state index is 12.2. The summed E-state index contributed by atoms with van der Waals surface area (Å²) < 4.78 is 4.96. The molecule has 23 heavy (non-hydrogen) atoms. The fourth-order valence-corrected chi connectivity index (χ4v) is 1.98. The molecule has 0 aromatic heterocycles. The smallest absolute Gasteiger partial charge is 0.296 e. The zero-order valence-corrected chi connectivity index (χ0v) is 12.8. The van der Waals surface area contributed by atoms with Gasteiger partial charge >= 0.3 is 0 Å². The molecule has 2 aromatic rings. The lowest BCUT2D eigenvalue weighted by atomic mass is 10.1. The van der Waals surface area contributed by atoms with E-state index in [-0.39, 0.29) is 11.4 Å². The van der Waals surface area contributed by atoms with Crippen molar-refractivity contribution in [3.05, 3.63) is 69.8 Å². The summed E-state index contributed by atoms with van der Waals surface area (Å²) in [6, 6.07) is 13.6. The maximum atomic E-state index is 12.2. The lowest BCUT2D eigenvalue weighted by Gasteiger charge is -2.08. The third-order valence-corrected chi connectivity index (χ3v) is 3.19. The number of nitrogens with one attached hydrogen (secondary N) is 1. The number of hydrogen-bond acceptors (Lipinski definition) is 4. The summed E-state index contributed by atoms with van der Waals surface area (Å²) in [5.74, 6) is -0.0478. The van der Waals surface area contributed by atoms with Crippen LogP contribution in [0.2, 0.25) is 0 Å². The SMILES string of the molecule is COc1ccc(NC(=O)/C(C)=C\c2ccccc2)c([N+](=O)[O-])c1. The highest BCUT2D eigenvalue weighted by Gasteiger charge is 2.17. The van der Waals surface area contributed by atoms with Crippen LogP contribution in [0.1, 0.15) is 12.5 Å². The van der Waals surface area contributed by atoms with Crippen molar-refractivity contribution in [2.45, 2.75) is 6.92 Å². The molecule has 0 spiro atoms. The van der Waals surface area contributed by atoms with Crippen LogP contribution in [0.15, 0.2) is 54.1 Å². The molecule has 6 heteroatoms. The number of methoxy groups -OCH3 is 1. The van der Waals surface area contributed by atoms with E-state index in [0.717, 1.165) is 5.56 Å². The van der Waals surface area contributed by atoms with Gasteiger partial charge in [0.2, 0.25) is 0 Å². The maximum Gasteiger partial charge on any atom is 0.296 e. The minimum Gasteiger partial charge on any atom is -0.496 e. The van der Waals surface area contributed by atoms with Crippen molar-refractivity contribution in [2.24, 2.45) is 0 Å². The Hall–Kier alpha value is -3.15. The Balaban J connectivity index is 2.23.